The number of fused-ring (bicyclic) bond motifs is 1. The van der Waals surface area contributed by atoms with Gasteiger partial charge in [0.15, 0.2) is 5.65 Å². The summed E-state index contributed by atoms with van der Waals surface area (Å²) in [6.45, 7) is 9.66. The second kappa shape index (κ2) is 5.19. The highest BCUT2D eigenvalue weighted by Crippen LogP contribution is 2.33. The Morgan fingerprint density at radius 1 is 1.23 bits per heavy atom. The Kier molecular flexibility index (Phi) is 3.59. The van der Waals surface area contributed by atoms with E-state index in [9.17, 15) is 0 Å². The molecule has 0 unspecified atom stereocenters. The van der Waals surface area contributed by atoms with Crippen molar-refractivity contribution in [2.75, 3.05) is 38.6 Å². The summed E-state index contributed by atoms with van der Waals surface area (Å²) in [7, 11) is 6.28. The Morgan fingerprint density at radius 2 is 1.95 bits per heavy atom. The summed E-state index contributed by atoms with van der Waals surface area (Å²) in [6.07, 6.45) is 1.23. The van der Waals surface area contributed by atoms with Crippen LogP contribution in [0.15, 0.2) is 0 Å². The maximum absolute atomic E-state index is 4.72. The fourth-order valence-electron chi connectivity index (χ4n) is 3.75. The maximum atomic E-state index is 4.72. The molecular weight excluding hydrogens is 276 g/mol. The van der Waals surface area contributed by atoms with Gasteiger partial charge in [-0.25, -0.2) is 9.97 Å². The molecule has 0 amide bonds. The van der Waals surface area contributed by atoms with Gasteiger partial charge in [-0.2, -0.15) is 5.10 Å². The van der Waals surface area contributed by atoms with Gasteiger partial charge in [0.1, 0.15) is 11.6 Å². The van der Waals surface area contributed by atoms with Crippen molar-refractivity contribution in [3.63, 3.8) is 0 Å². The lowest BCUT2D eigenvalue weighted by molar-refractivity contribution is 0.314. The van der Waals surface area contributed by atoms with Gasteiger partial charge in [-0.1, -0.05) is 6.92 Å². The number of rotatable bonds is 3. The summed E-state index contributed by atoms with van der Waals surface area (Å²) < 4.78 is 1.85. The molecule has 0 radical (unpaired) electrons. The largest absolute Gasteiger partial charge is 0.358 e. The molecule has 6 nitrogen and oxygen atoms in total. The molecule has 0 saturated carbocycles. The van der Waals surface area contributed by atoms with Crippen molar-refractivity contribution in [3.05, 3.63) is 11.5 Å². The van der Waals surface area contributed by atoms with E-state index in [4.69, 9.17) is 4.98 Å². The standard InChI is InChI=1S/C16H26N6/c1-11-13-14(17-12(2)18-15(13)22(6)19-11)21(5)10-16(3)7-8-20(4)9-16/h7-10H2,1-6H3/t16-/m0/s1. The Balaban J connectivity index is 1.99. The fraction of sp³-hybridized carbons (Fsp3) is 0.688. The van der Waals surface area contributed by atoms with Crippen LogP contribution in [0.4, 0.5) is 5.82 Å². The number of hydrogen-bond donors (Lipinski definition) is 0. The summed E-state index contributed by atoms with van der Waals surface area (Å²) >= 11 is 0. The lowest BCUT2D eigenvalue weighted by atomic mass is 9.89. The van der Waals surface area contributed by atoms with E-state index >= 15 is 0 Å². The lowest BCUT2D eigenvalue weighted by Gasteiger charge is -2.31. The zero-order chi connectivity index (χ0) is 16.1. The van der Waals surface area contributed by atoms with E-state index in [1.54, 1.807) is 0 Å². The molecule has 0 N–H and O–H groups in total. The van der Waals surface area contributed by atoms with Crippen molar-refractivity contribution in [1.29, 1.82) is 0 Å². The topological polar surface area (TPSA) is 50.1 Å². The molecule has 3 heterocycles. The first-order valence-electron chi connectivity index (χ1n) is 7.87. The molecule has 0 bridgehead atoms. The second-order valence-electron chi connectivity index (χ2n) is 7.16. The van der Waals surface area contributed by atoms with E-state index in [-0.39, 0.29) is 0 Å². The molecule has 0 aromatic carbocycles. The average molecular weight is 302 g/mol. The Morgan fingerprint density at radius 3 is 2.59 bits per heavy atom. The van der Waals surface area contributed by atoms with Crippen LogP contribution in [0.25, 0.3) is 11.0 Å². The molecule has 22 heavy (non-hydrogen) atoms. The quantitative estimate of drug-likeness (QED) is 0.864. The fourth-order valence-corrected chi connectivity index (χ4v) is 3.75. The van der Waals surface area contributed by atoms with Crippen LogP contribution in [-0.2, 0) is 7.05 Å². The molecule has 2 aromatic rings. The van der Waals surface area contributed by atoms with Crippen molar-refractivity contribution in [2.45, 2.75) is 27.2 Å². The van der Waals surface area contributed by atoms with Crippen molar-refractivity contribution < 1.29 is 0 Å². The summed E-state index contributed by atoms with van der Waals surface area (Å²) in [6, 6.07) is 0. The number of aryl methyl sites for hydroxylation is 3. The summed E-state index contributed by atoms with van der Waals surface area (Å²) in [5, 5.41) is 5.59. The zero-order valence-electron chi connectivity index (χ0n) is 14.5. The van der Waals surface area contributed by atoms with Crippen molar-refractivity contribution in [2.24, 2.45) is 12.5 Å². The number of nitrogens with zero attached hydrogens (tertiary/aromatic N) is 6. The van der Waals surface area contributed by atoms with Gasteiger partial charge in [-0.3, -0.25) is 4.68 Å². The molecule has 1 saturated heterocycles. The third-order valence-electron chi connectivity index (χ3n) is 4.68. The van der Waals surface area contributed by atoms with E-state index in [2.05, 4.69) is 40.9 Å². The minimum absolute atomic E-state index is 0.310. The van der Waals surface area contributed by atoms with E-state index in [0.29, 0.717) is 5.41 Å². The number of likely N-dealkylation sites (tertiary alicyclic amines) is 1. The Bertz CT molecular complexity index is 706. The Hall–Kier alpha value is -1.69. The monoisotopic (exact) mass is 302 g/mol. The molecule has 120 valence electrons. The van der Waals surface area contributed by atoms with Gasteiger partial charge < -0.3 is 9.80 Å². The van der Waals surface area contributed by atoms with E-state index in [1.165, 1.54) is 13.0 Å². The van der Waals surface area contributed by atoms with Gasteiger partial charge in [0, 0.05) is 27.2 Å². The highest BCUT2D eigenvalue weighted by molar-refractivity contribution is 5.89. The van der Waals surface area contributed by atoms with Crippen LogP contribution >= 0.6 is 0 Å². The van der Waals surface area contributed by atoms with Crippen LogP contribution in [-0.4, -0.2) is 58.4 Å². The van der Waals surface area contributed by atoms with Crippen LogP contribution in [0.1, 0.15) is 24.9 Å². The normalized spacial score (nSPS) is 22.6. The predicted molar refractivity (Wildman–Crippen MR) is 89.3 cm³/mol. The SMILES string of the molecule is Cc1nc(N(C)C[C@@]2(C)CCN(C)C2)c2c(C)nn(C)c2n1. The van der Waals surface area contributed by atoms with Crippen LogP contribution in [0.2, 0.25) is 0 Å². The predicted octanol–water partition coefficient (Wildman–Crippen LogP) is 1.76. The average Bonchev–Trinajstić information content (AvgIpc) is 2.89. The van der Waals surface area contributed by atoms with E-state index in [0.717, 1.165) is 41.5 Å². The first-order chi connectivity index (χ1) is 10.3. The molecular formula is C16H26N6. The van der Waals surface area contributed by atoms with Crippen molar-refractivity contribution in [1.82, 2.24) is 24.6 Å². The van der Waals surface area contributed by atoms with Crippen LogP contribution < -0.4 is 4.90 Å². The molecule has 0 aliphatic carbocycles. The third kappa shape index (κ3) is 2.56. The molecule has 3 rings (SSSR count). The van der Waals surface area contributed by atoms with Gasteiger partial charge in [-0.05, 0) is 39.3 Å². The van der Waals surface area contributed by atoms with Crippen molar-refractivity contribution in [3.8, 4) is 0 Å². The first-order valence-corrected chi connectivity index (χ1v) is 7.87. The maximum Gasteiger partial charge on any atom is 0.163 e. The number of anilines is 1. The van der Waals surface area contributed by atoms with Crippen LogP contribution in [0.5, 0.6) is 0 Å². The summed E-state index contributed by atoms with van der Waals surface area (Å²) in [5.74, 6) is 1.80. The lowest BCUT2D eigenvalue weighted by Crippen LogP contribution is -2.36. The molecule has 6 heteroatoms. The molecule has 2 aromatic heterocycles. The molecule has 1 aliphatic rings. The van der Waals surface area contributed by atoms with Gasteiger partial charge in [-0.15, -0.1) is 0 Å². The van der Waals surface area contributed by atoms with E-state index < -0.39 is 0 Å². The minimum atomic E-state index is 0.310. The Labute approximate surface area is 132 Å². The number of hydrogen-bond acceptors (Lipinski definition) is 5. The first kappa shape index (κ1) is 15.2. The molecule has 1 atom stereocenters. The van der Waals surface area contributed by atoms with Crippen LogP contribution in [0.3, 0.4) is 0 Å². The van der Waals surface area contributed by atoms with Gasteiger partial charge in [0.25, 0.3) is 0 Å². The van der Waals surface area contributed by atoms with Crippen molar-refractivity contribution >= 4 is 16.9 Å². The zero-order valence-corrected chi connectivity index (χ0v) is 14.5. The summed E-state index contributed by atoms with van der Waals surface area (Å²) in [4.78, 5) is 14.0. The molecule has 1 fully saturated rings. The highest BCUT2D eigenvalue weighted by atomic mass is 15.3. The third-order valence-corrected chi connectivity index (χ3v) is 4.68. The van der Waals surface area contributed by atoms with E-state index in [1.807, 2.05) is 25.6 Å². The number of aromatic nitrogens is 4. The van der Waals surface area contributed by atoms with Gasteiger partial charge >= 0.3 is 0 Å². The minimum Gasteiger partial charge on any atom is -0.358 e. The van der Waals surface area contributed by atoms with Gasteiger partial charge in [0.2, 0.25) is 0 Å². The molecule has 0 spiro atoms. The van der Waals surface area contributed by atoms with Gasteiger partial charge in [0.05, 0.1) is 11.1 Å². The second-order valence-corrected chi connectivity index (χ2v) is 7.16. The summed E-state index contributed by atoms with van der Waals surface area (Å²) in [5.41, 5.74) is 2.22. The van der Waals surface area contributed by atoms with Crippen LogP contribution in [0, 0.1) is 19.3 Å². The smallest absolute Gasteiger partial charge is 0.163 e. The highest BCUT2D eigenvalue weighted by Gasteiger charge is 2.34. The molecule has 1 aliphatic heterocycles.